The predicted octanol–water partition coefficient (Wildman–Crippen LogP) is 4.24. The summed E-state index contributed by atoms with van der Waals surface area (Å²) in [5.41, 5.74) is 0.536. The number of hydrogen-bond acceptors (Lipinski definition) is 1. The second-order valence-electron chi connectivity index (χ2n) is 5.46. The molecule has 0 unspecified atom stereocenters. The van der Waals surface area contributed by atoms with Crippen molar-refractivity contribution in [1.29, 1.82) is 0 Å². The van der Waals surface area contributed by atoms with E-state index in [4.69, 9.17) is 0 Å². The van der Waals surface area contributed by atoms with Crippen LogP contribution in [0.4, 0.5) is 4.39 Å². The highest BCUT2D eigenvalue weighted by Gasteiger charge is 2.25. The molecule has 1 aromatic rings. The van der Waals surface area contributed by atoms with E-state index in [1.54, 1.807) is 12.1 Å². The second-order valence-corrected chi connectivity index (χ2v) is 6.31. The fourth-order valence-corrected chi connectivity index (χ4v) is 3.01. The van der Waals surface area contributed by atoms with Gasteiger partial charge in [0, 0.05) is 18.7 Å². The van der Waals surface area contributed by atoms with Gasteiger partial charge in [0.15, 0.2) is 0 Å². The summed E-state index contributed by atoms with van der Waals surface area (Å²) in [6, 6.07) is 4.74. The zero-order chi connectivity index (χ0) is 14.0. The average Bonchev–Trinajstić information content (AvgIpc) is 2.41. The molecule has 2 nitrogen and oxygen atoms in total. The maximum absolute atomic E-state index is 13.2. The number of benzene rings is 1. The van der Waals surface area contributed by atoms with Crippen molar-refractivity contribution >= 4 is 21.8 Å². The lowest BCUT2D eigenvalue weighted by Crippen LogP contribution is -2.39. The molecule has 0 atom stereocenters. The highest BCUT2D eigenvalue weighted by molar-refractivity contribution is 9.10. The molecule has 0 N–H and O–H groups in total. The molecule has 4 heteroatoms. The van der Waals surface area contributed by atoms with E-state index in [0.29, 0.717) is 16.1 Å². The zero-order valence-electron chi connectivity index (χ0n) is 11.3. The van der Waals surface area contributed by atoms with Gasteiger partial charge >= 0.3 is 0 Å². The van der Waals surface area contributed by atoms with Gasteiger partial charge in [0.2, 0.25) is 0 Å². The third-order valence-electron chi connectivity index (χ3n) is 4.02. The number of nitrogens with zero attached hydrogens (tertiary/aromatic N) is 1. The van der Waals surface area contributed by atoms with E-state index in [1.807, 2.05) is 11.9 Å². The van der Waals surface area contributed by atoms with Crippen LogP contribution in [-0.2, 0) is 0 Å². The van der Waals surface area contributed by atoms with E-state index in [9.17, 15) is 9.18 Å². The van der Waals surface area contributed by atoms with Crippen LogP contribution < -0.4 is 0 Å². The Labute approximate surface area is 122 Å². The van der Waals surface area contributed by atoms with Crippen molar-refractivity contribution < 1.29 is 9.18 Å². The Kier molecular flexibility index (Phi) is 4.61. The predicted molar refractivity (Wildman–Crippen MR) is 77.6 cm³/mol. The first-order valence-corrected chi connectivity index (χ1v) is 7.50. The molecule has 1 amide bonds. The number of carbonyl (C=O) groups is 1. The van der Waals surface area contributed by atoms with E-state index in [-0.39, 0.29) is 11.7 Å². The van der Waals surface area contributed by atoms with Crippen molar-refractivity contribution in [2.45, 2.75) is 38.6 Å². The van der Waals surface area contributed by atoms with Crippen LogP contribution in [-0.4, -0.2) is 23.9 Å². The topological polar surface area (TPSA) is 20.3 Å². The Morgan fingerprint density at radius 2 is 1.95 bits per heavy atom. The minimum atomic E-state index is -0.342. The quantitative estimate of drug-likeness (QED) is 0.795. The number of amides is 1. The van der Waals surface area contributed by atoms with Crippen molar-refractivity contribution in [3.8, 4) is 0 Å². The van der Waals surface area contributed by atoms with Gasteiger partial charge in [0.05, 0.1) is 4.47 Å². The first kappa shape index (κ1) is 14.5. The molecule has 1 aromatic carbocycles. The average molecular weight is 328 g/mol. The molecule has 0 spiro atoms. The molecule has 0 bridgehead atoms. The van der Waals surface area contributed by atoms with Crippen LogP contribution in [0.1, 0.15) is 43.0 Å². The van der Waals surface area contributed by atoms with Crippen molar-refractivity contribution in [3.05, 3.63) is 34.1 Å². The highest BCUT2D eigenvalue weighted by atomic mass is 79.9. The van der Waals surface area contributed by atoms with Gasteiger partial charge < -0.3 is 4.90 Å². The Morgan fingerprint density at radius 3 is 2.53 bits per heavy atom. The largest absolute Gasteiger partial charge is 0.339 e. The fraction of sp³-hybridized carbons (Fsp3) is 0.533. The van der Waals surface area contributed by atoms with Crippen molar-refractivity contribution in [2.75, 3.05) is 7.05 Å². The first-order valence-electron chi connectivity index (χ1n) is 6.71. The molecule has 0 radical (unpaired) electrons. The van der Waals surface area contributed by atoms with Crippen LogP contribution >= 0.6 is 15.9 Å². The summed E-state index contributed by atoms with van der Waals surface area (Å²) >= 11 is 3.12. The third-order valence-corrected chi connectivity index (χ3v) is 4.63. The van der Waals surface area contributed by atoms with Crippen LogP contribution in [0.2, 0.25) is 0 Å². The van der Waals surface area contributed by atoms with Crippen molar-refractivity contribution in [3.63, 3.8) is 0 Å². The van der Waals surface area contributed by atoms with Gasteiger partial charge in [-0.2, -0.15) is 0 Å². The molecular formula is C15H19BrFNO. The molecule has 19 heavy (non-hydrogen) atoms. The van der Waals surface area contributed by atoms with E-state index in [1.165, 1.54) is 18.9 Å². The van der Waals surface area contributed by atoms with Crippen LogP contribution in [0.15, 0.2) is 22.7 Å². The first-order chi connectivity index (χ1) is 8.99. The molecule has 1 aliphatic carbocycles. The minimum Gasteiger partial charge on any atom is -0.339 e. The van der Waals surface area contributed by atoms with Gasteiger partial charge in [-0.15, -0.1) is 0 Å². The summed E-state index contributed by atoms with van der Waals surface area (Å²) in [5.74, 6) is 0.394. The van der Waals surface area contributed by atoms with Gasteiger partial charge in [0.25, 0.3) is 5.91 Å². The van der Waals surface area contributed by atoms with E-state index in [2.05, 4.69) is 22.9 Å². The third kappa shape index (κ3) is 3.35. The summed E-state index contributed by atoms with van der Waals surface area (Å²) in [6.07, 6.45) is 4.47. The highest BCUT2D eigenvalue weighted by Crippen LogP contribution is 2.27. The molecule has 104 valence electrons. The van der Waals surface area contributed by atoms with E-state index >= 15 is 0 Å². The summed E-state index contributed by atoms with van der Waals surface area (Å²) in [5, 5.41) is 0. The zero-order valence-corrected chi connectivity index (χ0v) is 12.9. The van der Waals surface area contributed by atoms with Gasteiger partial charge in [0.1, 0.15) is 5.82 Å². The molecule has 2 rings (SSSR count). The number of carbonyl (C=O) groups excluding carboxylic acids is 1. The van der Waals surface area contributed by atoms with Crippen LogP contribution in [0.3, 0.4) is 0 Å². The molecule has 0 saturated heterocycles. The Balaban J connectivity index is 2.08. The Hall–Kier alpha value is -0.900. The number of rotatable bonds is 2. The van der Waals surface area contributed by atoms with Crippen molar-refractivity contribution in [1.82, 2.24) is 4.90 Å². The smallest absolute Gasteiger partial charge is 0.253 e. The molecule has 1 saturated carbocycles. The SMILES string of the molecule is CC1CCC(N(C)C(=O)c2ccc(F)c(Br)c2)CC1. The van der Waals surface area contributed by atoms with Crippen LogP contribution in [0.25, 0.3) is 0 Å². The molecule has 1 aliphatic rings. The number of hydrogen-bond donors (Lipinski definition) is 0. The van der Waals surface area contributed by atoms with Gasteiger partial charge in [-0.05, 0) is 65.7 Å². The van der Waals surface area contributed by atoms with Gasteiger partial charge in [-0.25, -0.2) is 4.39 Å². The fourth-order valence-electron chi connectivity index (χ4n) is 2.63. The van der Waals surface area contributed by atoms with Gasteiger partial charge in [-0.1, -0.05) is 6.92 Å². The Bertz CT molecular complexity index is 469. The second kappa shape index (κ2) is 6.04. The standard InChI is InChI=1S/C15H19BrFNO/c1-10-3-6-12(7-4-10)18(2)15(19)11-5-8-14(17)13(16)9-11/h5,8-10,12H,3-4,6-7H2,1-2H3. The van der Waals surface area contributed by atoms with Crippen LogP contribution in [0.5, 0.6) is 0 Å². The van der Waals surface area contributed by atoms with Gasteiger partial charge in [-0.3, -0.25) is 4.79 Å². The molecule has 0 heterocycles. The van der Waals surface area contributed by atoms with E-state index in [0.717, 1.165) is 18.8 Å². The number of halogens is 2. The molecule has 0 aliphatic heterocycles. The summed E-state index contributed by atoms with van der Waals surface area (Å²) in [4.78, 5) is 14.2. The summed E-state index contributed by atoms with van der Waals surface area (Å²) in [7, 11) is 1.85. The van der Waals surface area contributed by atoms with E-state index < -0.39 is 0 Å². The summed E-state index contributed by atoms with van der Waals surface area (Å²) in [6.45, 7) is 2.26. The lowest BCUT2D eigenvalue weighted by molar-refractivity contribution is 0.0679. The molecule has 1 fully saturated rings. The maximum atomic E-state index is 13.2. The van der Waals surface area contributed by atoms with Crippen molar-refractivity contribution in [2.24, 2.45) is 5.92 Å². The monoisotopic (exact) mass is 327 g/mol. The minimum absolute atomic E-state index is 0.0275. The maximum Gasteiger partial charge on any atom is 0.253 e. The van der Waals surface area contributed by atoms with Crippen LogP contribution in [0, 0.1) is 11.7 Å². The molecule has 0 aromatic heterocycles. The normalized spacial score (nSPS) is 23.2. The lowest BCUT2D eigenvalue weighted by Gasteiger charge is -2.33. The summed E-state index contributed by atoms with van der Waals surface area (Å²) < 4.78 is 13.5. The molecular weight excluding hydrogens is 309 g/mol. The Morgan fingerprint density at radius 1 is 1.32 bits per heavy atom. The lowest BCUT2D eigenvalue weighted by atomic mass is 9.86.